The van der Waals surface area contributed by atoms with Gasteiger partial charge in [0.1, 0.15) is 0 Å². The third kappa shape index (κ3) is 3.24. The van der Waals surface area contributed by atoms with Gasteiger partial charge in [0.05, 0.1) is 4.90 Å². The summed E-state index contributed by atoms with van der Waals surface area (Å²) in [6.45, 7) is 7.53. The number of nitrogen functional groups attached to an aromatic ring is 1. The predicted molar refractivity (Wildman–Crippen MR) is 86.9 cm³/mol. The number of hydrogen-bond acceptors (Lipinski definition) is 3. The van der Waals surface area contributed by atoms with E-state index in [1.165, 1.54) is 6.42 Å². The lowest BCUT2D eigenvalue weighted by molar-refractivity contribution is 0.294. The average Bonchev–Trinajstić information content (AvgIpc) is 2.35. The normalized spacial score (nSPS) is 18.7. The molecular weight excluding hydrogens is 284 g/mol. The van der Waals surface area contributed by atoms with Gasteiger partial charge in [0.2, 0.25) is 10.0 Å². The quantitative estimate of drug-likeness (QED) is 0.842. The number of sulfonamides is 1. The van der Waals surface area contributed by atoms with Gasteiger partial charge in [-0.15, -0.1) is 0 Å². The molecule has 5 heteroatoms. The summed E-state index contributed by atoms with van der Waals surface area (Å²) in [7, 11) is -3.55. The zero-order valence-electron chi connectivity index (χ0n) is 13.4. The molecule has 0 heterocycles. The third-order valence-corrected chi connectivity index (χ3v) is 6.49. The summed E-state index contributed by atoms with van der Waals surface area (Å²) in [6, 6.07) is 1.85. The first-order chi connectivity index (χ1) is 9.66. The molecule has 2 rings (SSSR count). The second-order valence-electron chi connectivity index (χ2n) is 6.60. The third-order valence-electron chi connectivity index (χ3n) is 4.57. The molecule has 0 aromatic heterocycles. The van der Waals surface area contributed by atoms with Crippen LogP contribution in [0.25, 0.3) is 0 Å². The zero-order valence-corrected chi connectivity index (χ0v) is 14.2. The molecular formula is C16H26N2O2S. The summed E-state index contributed by atoms with van der Waals surface area (Å²) in [5.74, 6) is 0. The van der Waals surface area contributed by atoms with E-state index < -0.39 is 10.0 Å². The number of hydrogen-bond donors (Lipinski definition) is 2. The van der Waals surface area contributed by atoms with Crippen LogP contribution in [0.4, 0.5) is 5.69 Å². The fraction of sp³-hybridized carbons (Fsp3) is 0.625. The second kappa shape index (κ2) is 5.61. The highest BCUT2D eigenvalue weighted by atomic mass is 32.2. The van der Waals surface area contributed by atoms with Gasteiger partial charge in [0.25, 0.3) is 0 Å². The number of aryl methyl sites for hydroxylation is 2. The molecule has 1 aliphatic rings. The molecule has 0 spiro atoms. The number of benzene rings is 1. The summed E-state index contributed by atoms with van der Waals surface area (Å²) in [5, 5.41) is 0. The Kier molecular flexibility index (Phi) is 4.36. The van der Waals surface area contributed by atoms with Crippen molar-refractivity contribution >= 4 is 15.7 Å². The van der Waals surface area contributed by atoms with Gasteiger partial charge in [0.15, 0.2) is 0 Å². The SMILES string of the molecule is Cc1cc(C)c(S(=O)(=O)NC2(C)CCCCC2)c(C)c1N. The highest BCUT2D eigenvalue weighted by molar-refractivity contribution is 7.89. The molecule has 3 N–H and O–H groups in total. The van der Waals surface area contributed by atoms with Crippen molar-refractivity contribution in [3.05, 3.63) is 22.8 Å². The fourth-order valence-electron chi connectivity index (χ4n) is 3.40. The van der Waals surface area contributed by atoms with Gasteiger partial charge >= 0.3 is 0 Å². The van der Waals surface area contributed by atoms with Crippen molar-refractivity contribution in [2.24, 2.45) is 0 Å². The Bertz CT molecular complexity index is 645. The van der Waals surface area contributed by atoms with Crippen LogP contribution in [0.2, 0.25) is 0 Å². The van der Waals surface area contributed by atoms with Gasteiger partial charge in [0, 0.05) is 11.2 Å². The maximum atomic E-state index is 12.8. The molecule has 118 valence electrons. The molecule has 21 heavy (non-hydrogen) atoms. The lowest BCUT2D eigenvalue weighted by Gasteiger charge is -2.34. The van der Waals surface area contributed by atoms with Crippen molar-refractivity contribution in [3.63, 3.8) is 0 Å². The van der Waals surface area contributed by atoms with E-state index in [0.29, 0.717) is 16.1 Å². The van der Waals surface area contributed by atoms with Gasteiger partial charge in [-0.3, -0.25) is 0 Å². The molecule has 4 nitrogen and oxygen atoms in total. The van der Waals surface area contributed by atoms with Crippen LogP contribution in [-0.4, -0.2) is 14.0 Å². The summed E-state index contributed by atoms with van der Waals surface area (Å²) >= 11 is 0. The monoisotopic (exact) mass is 310 g/mol. The Balaban J connectivity index is 2.43. The average molecular weight is 310 g/mol. The molecule has 1 aromatic rings. The highest BCUT2D eigenvalue weighted by Crippen LogP contribution is 2.32. The standard InChI is InChI=1S/C16H26N2O2S/c1-11-10-12(2)15(13(3)14(11)17)21(19,20)18-16(4)8-6-5-7-9-16/h10,18H,5-9,17H2,1-4H3. The van der Waals surface area contributed by atoms with E-state index in [1.807, 2.05) is 26.8 Å². The van der Waals surface area contributed by atoms with E-state index in [0.717, 1.165) is 36.8 Å². The van der Waals surface area contributed by atoms with Crippen LogP contribution < -0.4 is 10.5 Å². The van der Waals surface area contributed by atoms with Crippen molar-refractivity contribution < 1.29 is 8.42 Å². The molecule has 1 fully saturated rings. The van der Waals surface area contributed by atoms with Crippen molar-refractivity contribution in [2.45, 2.75) is 70.2 Å². The lowest BCUT2D eigenvalue weighted by atomic mass is 9.84. The first-order valence-electron chi connectivity index (χ1n) is 7.56. The molecule has 0 atom stereocenters. The molecule has 1 aliphatic carbocycles. The van der Waals surface area contributed by atoms with Crippen molar-refractivity contribution in [3.8, 4) is 0 Å². The topological polar surface area (TPSA) is 72.2 Å². The first kappa shape index (κ1) is 16.3. The van der Waals surface area contributed by atoms with E-state index in [2.05, 4.69) is 4.72 Å². The Morgan fingerprint density at radius 1 is 1.10 bits per heavy atom. The van der Waals surface area contributed by atoms with E-state index in [1.54, 1.807) is 6.92 Å². The maximum Gasteiger partial charge on any atom is 0.241 e. The summed E-state index contributed by atoms with van der Waals surface area (Å²) in [4.78, 5) is 0.345. The smallest absolute Gasteiger partial charge is 0.241 e. The molecule has 1 aromatic carbocycles. The summed E-state index contributed by atoms with van der Waals surface area (Å²) in [5.41, 5.74) is 8.58. The first-order valence-corrected chi connectivity index (χ1v) is 9.05. The molecule has 0 unspecified atom stereocenters. The largest absolute Gasteiger partial charge is 0.398 e. The molecule has 0 amide bonds. The van der Waals surface area contributed by atoms with Crippen LogP contribution in [0.15, 0.2) is 11.0 Å². The Morgan fingerprint density at radius 2 is 1.67 bits per heavy atom. The predicted octanol–water partition coefficient (Wildman–Crippen LogP) is 3.20. The van der Waals surface area contributed by atoms with Gasteiger partial charge in [-0.1, -0.05) is 25.3 Å². The maximum absolute atomic E-state index is 12.8. The summed E-state index contributed by atoms with van der Waals surface area (Å²) in [6.07, 6.45) is 5.13. The molecule has 0 aliphatic heterocycles. The number of nitrogens with two attached hydrogens (primary N) is 1. The Labute approximate surface area is 128 Å². The number of anilines is 1. The fourth-order valence-corrected chi connectivity index (χ4v) is 5.36. The van der Waals surface area contributed by atoms with E-state index >= 15 is 0 Å². The minimum absolute atomic E-state index is 0.338. The van der Waals surface area contributed by atoms with Crippen LogP contribution in [0.3, 0.4) is 0 Å². The molecule has 1 saturated carbocycles. The van der Waals surface area contributed by atoms with Crippen molar-refractivity contribution in [1.29, 1.82) is 0 Å². The van der Waals surface area contributed by atoms with Crippen LogP contribution >= 0.6 is 0 Å². The van der Waals surface area contributed by atoms with Gasteiger partial charge in [-0.25, -0.2) is 13.1 Å². The van der Waals surface area contributed by atoms with Crippen molar-refractivity contribution in [2.75, 3.05) is 5.73 Å². The molecule has 0 saturated heterocycles. The lowest BCUT2D eigenvalue weighted by Crippen LogP contribution is -2.47. The van der Waals surface area contributed by atoms with Gasteiger partial charge in [-0.05, 0) is 57.2 Å². The summed E-state index contributed by atoms with van der Waals surface area (Å²) < 4.78 is 28.6. The highest BCUT2D eigenvalue weighted by Gasteiger charge is 2.33. The zero-order chi connectivity index (χ0) is 15.8. The van der Waals surface area contributed by atoms with Crippen LogP contribution in [0.1, 0.15) is 55.7 Å². The number of nitrogens with one attached hydrogen (secondary N) is 1. The van der Waals surface area contributed by atoms with Gasteiger partial charge < -0.3 is 5.73 Å². The number of rotatable bonds is 3. The molecule has 0 bridgehead atoms. The molecule has 0 radical (unpaired) electrons. The van der Waals surface area contributed by atoms with Gasteiger partial charge in [-0.2, -0.15) is 0 Å². The van der Waals surface area contributed by atoms with Crippen LogP contribution in [0, 0.1) is 20.8 Å². The Morgan fingerprint density at radius 3 is 2.24 bits per heavy atom. The second-order valence-corrected chi connectivity index (χ2v) is 8.22. The van der Waals surface area contributed by atoms with Crippen molar-refractivity contribution in [1.82, 2.24) is 4.72 Å². The van der Waals surface area contributed by atoms with E-state index in [9.17, 15) is 8.42 Å². The minimum Gasteiger partial charge on any atom is -0.398 e. The van der Waals surface area contributed by atoms with E-state index in [4.69, 9.17) is 5.73 Å². The van der Waals surface area contributed by atoms with E-state index in [-0.39, 0.29) is 5.54 Å². The minimum atomic E-state index is -3.55. The Hall–Kier alpha value is -1.07. The van der Waals surface area contributed by atoms with Crippen LogP contribution in [0.5, 0.6) is 0 Å². The van der Waals surface area contributed by atoms with Crippen LogP contribution in [-0.2, 0) is 10.0 Å².